The molecule has 7 heteroatoms. The molecular weight excluding hydrogens is 311 g/mol. The lowest BCUT2D eigenvalue weighted by Gasteiger charge is -2.32. The number of carbonyl (C=O) groups is 1. The maximum Gasteiger partial charge on any atom is 0.236 e. The van der Waals surface area contributed by atoms with E-state index in [0.29, 0.717) is 18.5 Å². The van der Waals surface area contributed by atoms with Crippen molar-refractivity contribution in [1.82, 2.24) is 20.0 Å². The lowest BCUT2D eigenvalue weighted by Crippen LogP contribution is -2.49. The standard InChI is InChI=1S/C14H28N4O.2ClH/c1-3-7-16(2)12-14(19)18-8-4-13(11-18)17-9-5-15-6-10-17;;/h13,15H,3-12H2,1-2H3;2*1H. The van der Waals surface area contributed by atoms with Crippen LogP contribution in [0.25, 0.3) is 0 Å². The van der Waals surface area contributed by atoms with Crippen molar-refractivity contribution in [2.75, 3.05) is 59.4 Å². The number of piperazine rings is 1. The predicted molar refractivity (Wildman–Crippen MR) is 91.7 cm³/mol. The van der Waals surface area contributed by atoms with Gasteiger partial charge in [-0.05, 0) is 26.4 Å². The summed E-state index contributed by atoms with van der Waals surface area (Å²) in [5, 5.41) is 3.38. The highest BCUT2D eigenvalue weighted by molar-refractivity contribution is 5.85. The second-order valence-electron chi connectivity index (χ2n) is 5.81. The van der Waals surface area contributed by atoms with Crippen LogP contribution >= 0.6 is 24.8 Å². The maximum atomic E-state index is 12.2. The number of amides is 1. The Kier molecular flexibility index (Phi) is 10.6. The number of likely N-dealkylation sites (N-methyl/N-ethyl adjacent to an activating group) is 1. The number of hydrogen-bond acceptors (Lipinski definition) is 4. The van der Waals surface area contributed by atoms with Crippen LogP contribution in [-0.4, -0.2) is 86.1 Å². The number of halogens is 2. The largest absolute Gasteiger partial charge is 0.340 e. The van der Waals surface area contributed by atoms with Gasteiger partial charge in [0.2, 0.25) is 5.91 Å². The lowest BCUT2D eigenvalue weighted by atomic mass is 10.2. The SMILES string of the molecule is CCCN(C)CC(=O)N1CCC(N2CCNCC2)C1.Cl.Cl. The van der Waals surface area contributed by atoms with Crippen molar-refractivity contribution in [2.24, 2.45) is 0 Å². The predicted octanol–water partition coefficient (Wildman–Crippen LogP) is 0.678. The minimum Gasteiger partial charge on any atom is -0.340 e. The summed E-state index contributed by atoms with van der Waals surface area (Å²) in [5.41, 5.74) is 0. The number of nitrogens with one attached hydrogen (secondary N) is 1. The van der Waals surface area contributed by atoms with Crippen LogP contribution in [0, 0.1) is 0 Å². The van der Waals surface area contributed by atoms with Gasteiger partial charge in [0.25, 0.3) is 0 Å². The van der Waals surface area contributed by atoms with E-state index in [1.807, 2.05) is 7.05 Å². The van der Waals surface area contributed by atoms with Gasteiger partial charge in [0.1, 0.15) is 0 Å². The molecule has 21 heavy (non-hydrogen) atoms. The fourth-order valence-corrected chi connectivity index (χ4v) is 3.11. The van der Waals surface area contributed by atoms with Gasteiger partial charge in [-0.3, -0.25) is 14.6 Å². The molecule has 0 aliphatic carbocycles. The van der Waals surface area contributed by atoms with Crippen LogP contribution in [0.15, 0.2) is 0 Å². The van der Waals surface area contributed by atoms with E-state index in [9.17, 15) is 4.79 Å². The van der Waals surface area contributed by atoms with Crippen molar-refractivity contribution in [1.29, 1.82) is 0 Å². The highest BCUT2D eigenvalue weighted by Crippen LogP contribution is 2.16. The van der Waals surface area contributed by atoms with Gasteiger partial charge < -0.3 is 10.2 Å². The van der Waals surface area contributed by atoms with Crippen LogP contribution in [0.5, 0.6) is 0 Å². The van der Waals surface area contributed by atoms with Crippen LogP contribution in [0.1, 0.15) is 19.8 Å². The lowest BCUT2D eigenvalue weighted by molar-refractivity contribution is -0.131. The molecule has 0 saturated carbocycles. The van der Waals surface area contributed by atoms with Crippen molar-refractivity contribution >= 4 is 30.7 Å². The topological polar surface area (TPSA) is 38.8 Å². The van der Waals surface area contributed by atoms with E-state index < -0.39 is 0 Å². The number of rotatable bonds is 5. The molecule has 0 aromatic carbocycles. The fraction of sp³-hybridized carbons (Fsp3) is 0.929. The van der Waals surface area contributed by atoms with E-state index in [-0.39, 0.29) is 24.8 Å². The minimum absolute atomic E-state index is 0. The molecule has 2 aliphatic heterocycles. The van der Waals surface area contributed by atoms with Crippen LogP contribution in [0.2, 0.25) is 0 Å². The molecule has 5 nitrogen and oxygen atoms in total. The fourth-order valence-electron chi connectivity index (χ4n) is 3.11. The van der Waals surface area contributed by atoms with Crippen LogP contribution < -0.4 is 5.32 Å². The summed E-state index contributed by atoms with van der Waals surface area (Å²) < 4.78 is 0. The molecule has 2 fully saturated rings. The summed E-state index contributed by atoms with van der Waals surface area (Å²) in [7, 11) is 2.03. The molecule has 0 aromatic rings. The van der Waals surface area contributed by atoms with E-state index in [1.165, 1.54) is 0 Å². The van der Waals surface area contributed by atoms with Crippen LogP contribution in [0.4, 0.5) is 0 Å². The van der Waals surface area contributed by atoms with Crippen molar-refractivity contribution in [3.63, 3.8) is 0 Å². The van der Waals surface area contributed by atoms with Gasteiger partial charge in [-0.1, -0.05) is 6.92 Å². The van der Waals surface area contributed by atoms with Gasteiger partial charge in [-0.2, -0.15) is 0 Å². The minimum atomic E-state index is 0. The second-order valence-corrected chi connectivity index (χ2v) is 5.81. The summed E-state index contributed by atoms with van der Waals surface area (Å²) in [6.07, 6.45) is 2.25. The van der Waals surface area contributed by atoms with Crippen molar-refractivity contribution < 1.29 is 4.79 Å². The van der Waals surface area contributed by atoms with E-state index in [4.69, 9.17) is 0 Å². The Labute approximate surface area is 141 Å². The Hall–Kier alpha value is -0.0700. The monoisotopic (exact) mass is 340 g/mol. The average Bonchev–Trinajstić information content (AvgIpc) is 2.89. The third-order valence-corrected chi connectivity index (χ3v) is 4.19. The zero-order chi connectivity index (χ0) is 13.7. The average molecular weight is 341 g/mol. The quantitative estimate of drug-likeness (QED) is 0.798. The number of carbonyl (C=O) groups excluding carboxylic acids is 1. The third-order valence-electron chi connectivity index (χ3n) is 4.19. The molecule has 1 amide bonds. The third kappa shape index (κ3) is 6.28. The first-order chi connectivity index (χ1) is 9.20. The molecule has 1 N–H and O–H groups in total. The Balaban J connectivity index is 0.00000200. The first-order valence-corrected chi connectivity index (χ1v) is 7.61. The molecule has 2 aliphatic rings. The molecule has 2 heterocycles. The molecule has 1 atom stereocenters. The Morgan fingerprint density at radius 3 is 2.52 bits per heavy atom. The van der Waals surface area contributed by atoms with E-state index in [0.717, 1.165) is 58.7 Å². The summed E-state index contributed by atoms with van der Waals surface area (Å²) in [6.45, 7) is 10.0. The van der Waals surface area contributed by atoms with Crippen molar-refractivity contribution in [3.05, 3.63) is 0 Å². The summed E-state index contributed by atoms with van der Waals surface area (Å²) in [6, 6.07) is 0.586. The van der Waals surface area contributed by atoms with Crippen molar-refractivity contribution in [3.8, 4) is 0 Å². The van der Waals surface area contributed by atoms with E-state index in [2.05, 4.69) is 26.9 Å². The molecule has 0 bridgehead atoms. The van der Waals surface area contributed by atoms with Gasteiger partial charge >= 0.3 is 0 Å². The molecule has 2 saturated heterocycles. The van der Waals surface area contributed by atoms with Crippen LogP contribution in [-0.2, 0) is 4.79 Å². The van der Waals surface area contributed by atoms with Gasteiger partial charge in [0.05, 0.1) is 6.54 Å². The smallest absolute Gasteiger partial charge is 0.236 e. The molecule has 2 rings (SSSR count). The highest BCUT2D eigenvalue weighted by Gasteiger charge is 2.30. The van der Waals surface area contributed by atoms with Gasteiger partial charge in [0.15, 0.2) is 0 Å². The number of hydrogen-bond donors (Lipinski definition) is 1. The first kappa shape index (κ1) is 20.9. The normalized spacial score (nSPS) is 22.8. The summed E-state index contributed by atoms with van der Waals surface area (Å²) in [5.74, 6) is 0.300. The van der Waals surface area contributed by atoms with Crippen molar-refractivity contribution in [2.45, 2.75) is 25.8 Å². The highest BCUT2D eigenvalue weighted by atomic mass is 35.5. The molecule has 126 valence electrons. The molecule has 0 radical (unpaired) electrons. The second kappa shape index (κ2) is 10.6. The zero-order valence-corrected chi connectivity index (χ0v) is 14.8. The molecule has 0 aromatic heterocycles. The van der Waals surface area contributed by atoms with E-state index >= 15 is 0 Å². The Morgan fingerprint density at radius 2 is 1.90 bits per heavy atom. The first-order valence-electron chi connectivity index (χ1n) is 7.61. The number of nitrogens with zero attached hydrogens (tertiary/aromatic N) is 3. The Morgan fingerprint density at radius 1 is 1.24 bits per heavy atom. The van der Waals surface area contributed by atoms with Crippen LogP contribution in [0.3, 0.4) is 0 Å². The zero-order valence-electron chi connectivity index (χ0n) is 13.2. The summed E-state index contributed by atoms with van der Waals surface area (Å²) in [4.78, 5) is 18.9. The molecule has 0 spiro atoms. The van der Waals surface area contributed by atoms with Gasteiger partial charge in [-0.25, -0.2) is 0 Å². The summed E-state index contributed by atoms with van der Waals surface area (Å²) >= 11 is 0. The molecular formula is C14H30Cl2N4O. The molecule has 1 unspecified atom stereocenters. The maximum absolute atomic E-state index is 12.2. The number of likely N-dealkylation sites (tertiary alicyclic amines) is 1. The van der Waals surface area contributed by atoms with Gasteiger partial charge in [-0.15, -0.1) is 24.8 Å². The Bertz CT molecular complexity index is 301. The van der Waals surface area contributed by atoms with E-state index in [1.54, 1.807) is 0 Å². The van der Waals surface area contributed by atoms with Gasteiger partial charge in [0, 0.05) is 45.3 Å².